The summed E-state index contributed by atoms with van der Waals surface area (Å²) < 4.78 is 72.5. The van der Waals surface area contributed by atoms with E-state index in [9.17, 15) is 0 Å². The van der Waals surface area contributed by atoms with Crippen LogP contribution in [0.1, 0.15) is 116 Å². The summed E-state index contributed by atoms with van der Waals surface area (Å²) in [7, 11) is 19.0. The Morgan fingerprint density at radius 2 is 0.274 bits per heavy atom. The number of aromatic nitrogens is 27. The Morgan fingerprint density at radius 1 is 0.185 bits per heavy atom. The molecule has 0 bridgehead atoms. The molecule has 0 spiro atoms. The van der Waals surface area contributed by atoms with Crippen molar-refractivity contribution in [1.82, 2.24) is 135 Å². The molecule has 47 heteroatoms. The molecule has 18 heterocycles. The first-order chi connectivity index (χ1) is 68.2. The van der Waals surface area contributed by atoms with E-state index in [1.54, 1.807) is 0 Å². The molecule has 9 aromatic carbocycles. The van der Waals surface area contributed by atoms with Gasteiger partial charge in [0.1, 0.15) is 49.7 Å². The zero-order valence-corrected chi connectivity index (χ0v) is 89.9. The Bertz CT molecular complexity index is 6530. The molecule has 0 saturated heterocycles. The number of fused-ring (bicyclic) bond motifs is 9. The SMILES string of the molecule is C[N+]1=C(n2nnc3ccccc32)CCC1.C[N+]1=C(n2nnc3ccccc32)CCC1.C[N+]1=C(n2nnc3ccccc32)CCC1.C[N+]1=C(n2nnc3ccccc32)CCC1.C[N+]1=C(n2nnc3ccccc32)CCC1.C[N+]1=C(n2nnc3ccccc32)CCC1.C[N+]1=C(n2nnc3ccccc32)CCC1.C[N+]1=C(n2nnc3ccccc32)CCC1.C[N+]1=C(n2nnc3ccccc32)CCC1.[Cl-].[Cl-].[Cl-].[Cl-].[Cl-].[Cl-].[O]=[Sb]([O-])([O-])[O-]. The van der Waals surface area contributed by atoms with E-state index >= 15 is 0 Å². The van der Waals surface area contributed by atoms with Crippen molar-refractivity contribution < 1.29 is 129 Å². The van der Waals surface area contributed by atoms with Crippen LogP contribution < -0.4 is 84.6 Å². The van der Waals surface area contributed by atoms with E-state index in [4.69, 9.17) is 13.2 Å². The number of rotatable bonds is 0. The minimum atomic E-state index is -6.10. The number of nitrogens with zero attached hydrogens (tertiary/aromatic N) is 36. The van der Waals surface area contributed by atoms with Crippen molar-refractivity contribution in [2.75, 3.05) is 122 Å². The molecule has 0 atom stereocenters. The Kier molecular flexibility index (Phi) is 39.6. The molecule has 0 amide bonds. The first-order valence-electron chi connectivity index (χ1n) is 47.9. The fourth-order valence-electron chi connectivity index (χ4n) is 19.1. The summed E-state index contributed by atoms with van der Waals surface area (Å²) in [5, 5.41) is 75.4. The Labute approximate surface area is 885 Å². The second-order valence-electron chi connectivity index (χ2n) is 35.8. The maximum atomic E-state index is 8.64. The van der Waals surface area contributed by atoms with Crippen LogP contribution in [0.4, 0.5) is 0 Å². The van der Waals surface area contributed by atoms with Crippen LogP contribution in [0, 0.1) is 0 Å². The van der Waals surface area contributed by atoms with Crippen LogP contribution in [-0.4, -0.2) is 371 Å². The molecule has 0 N–H and O–H groups in total. The van der Waals surface area contributed by atoms with Gasteiger partial charge in [-0.3, -0.25) is 41.2 Å². The van der Waals surface area contributed by atoms with Crippen LogP contribution in [-0.2, 0) is 3.02 Å². The molecule has 40 nitrogen and oxygen atoms in total. The van der Waals surface area contributed by atoms with E-state index in [1.807, 2.05) is 206 Å². The molecule has 9 aliphatic heterocycles. The van der Waals surface area contributed by atoms with Crippen molar-refractivity contribution >= 4 is 172 Å². The van der Waals surface area contributed by atoms with Crippen molar-refractivity contribution in [2.45, 2.75) is 116 Å². The summed E-state index contributed by atoms with van der Waals surface area (Å²) in [4.78, 5) is 0. The first kappa shape index (κ1) is 112. The van der Waals surface area contributed by atoms with Gasteiger partial charge in [-0.2, -0.15) is 0 Å². The van der Waals surface area contributed by atoms with Gasteiger partial charge in [0.25, 0.3) is 52.5 Å². The Morgan fingerprint density at radius 3 is 0.356 bits per heavy atom. The second kappa shape index (κ2) is 51.8. The van der Waals surface area contributed by atoms with Gasteiger partial charge in [0.15, 0.2) is 49.7 Å². The van der Waals surface area contributed by atoms with Crippen LogP contribution in [0.15, 0.2) is 218 Å². The van der Waals surface area contributed by atoms with E-state index in [2.05, 4.69) is 252 Å². The third-order valence-electron chi connectivity index (χ3n) is 26.4. The molecule has 9 aromatic heterocycles. The fraction of sp³-hybridized carbons (Fsp3) is 0.364. The molecule has 146 heavy (non-hydrogen) atoms. The van der Waals surface area contributed by atoms with Crippen LogP contribution in [0.3, 0.4) is 0 Å². The molecule has 27 rings (SSSR count). The summed E-state index contributed by atoms with van der Waals surface area (Å²) in [6, 6.07) is 72.7. The molecule has 0 radical (unpaired) electrons. The third kappa shape index (κ3) is 25.7. The fourth-order valence-corrected chi connectivity index (χ4v) is 19.1. The molecular weight excluding hydrogens is 2090 g/mol. The molecule has 9 aliphatic rings. The average molecular weight is 2210 g/mol. The number of para-hydroxylation sites is 9. The van der Waals surface area contributed by atoms with Gasteiger partial charge in [-0.05, 0) is 167 Å². The molecule has 0 unspecified atom stereocenters. The third-order valence-corrected chi connectivity index (χ3v) is 26.4. The van der Waals surface area contributed by atoms with Crippen LogP contribution in [0.2, 0.25) is 0 Å². The summed E-state index contributed by atoms with van der Waals surface area (Å²) in [5.41, 5.74) is 18.6. The quantitative estimate of drug-likeness (QED) is 0.100. The Hall–Kier alpha value is -13.2. The predicted octanol–water partition coefficient (Wildman–Crippen LogP) is -12.0. The molecule has 0 fully saturated rings. The molecular formula is C99H117Cl6N36O4Sb. The number of benzene rings is 9. The summed E-state index contributed by atoms with van der Waals surface area (Å²) in [6.07, 6.45) is 20.7. The van der Waals surface area contributed by atoms with Crippen molar-refractivity contribution in [3.05, 3.63) is 218 Å². The van der Waals surface area contributed by atoms with Gasteiger partial charge in [-0.15, -0.1) is 45.9 Å². The van der Waals surface area contributed by atoms with Crippen LogP contribution >= 0.6 is 0 Å². The zero-order valence-electron chi connectivity index (χ0n) is 82.8. The summed E-state index contributed by atoms with van der Waals surface area (Å²) in [5.74, 6) is 11.3. The summed E-state index contributed by atoms with van der Waals surface area (Å²) >= 11 is -6.10. The average Bonchev–Trinajstić information content (AvgIpc) is 1.70. The van der Waals surface area contributed by atoms with Gasteiger partial charge < -0.3 is 74.4 Å². The van der Waals surface area contributed by atoms with Crippen molar-refractivity contribution in [2.24, 2.45) is 0 Å². The topological polar surface area (TPSA) is 390 Å². The molecule has 0 aliphatic carbocycles. The van der Waals surface area contributed by atoms with Crippen LogP contribution in [0.5, 0.6) is 0 Å². The minimum absolute atomic E-state index is 0. The number of hydrogen-bond acceptors (Lipinski definition) is 22. The van der Waals surface area contributed by atoms with Gasteiger partial charge >= 0.3 is 33.2 Å². The molecule has 0 saturated carbocycles. The number of halogens is 6. The van der Waals surface area contributed by atoms with Gasteiger partial charge in [-0.1, -0.05) is 151 Å². The first-order valence-corrected chi connectivity index (χ1v) is 52.0. The van der Waals surface area contributed by atoms with Crippen molar-refractivity contribution in [3.63, 3.8) is 0 Å². The van der Waals surface area contributed by atoms with Crippen LogP contribution in [0.25, 0.3) is 99.3 Å². The predicted molar refractivity (Wildman–Crippen MR) is 530 cm³/mol. The van der Waals surface area contributed by atoms with Crippen molar-refractivity contribution in [3.8, 4) is 0 Å². The van der Waals surface area contributed by atoms with E-state index in [0.29, 0.717) is 0 Å². The van der Waals surface area contributed by atoms with E-state index in [0.717, 1.165) is 216 Å². The van der Waals surface area contributed by atoms with E-state index in [1.165, 1.54) is 110 Å². The van der Waals surface area contributed by atoms with Crippen molar-refractivity contribution in [1.29, 1.82) is 0 Å². The van der Waals surface area contributed by atoms with E-state index < -0.39 is 20.1 Å². The zero-order chi connectivity index (χ0) is 96.8. The number of hydrogen-bond donors (Lipinski definition) is 0. The van der Waals surface area contributed by atoms with E-state index in [-0.39, 0.29) is 74.4 Å². The summed E-state index contributed by atoms with van der Waals surface area (Å²) in [6.45, 7) is 10.0. The normalized spacial score (nSPS) is 15.8. The maximum absolute atomic E-state index is 8.64. The van der Waals surface area contributed by atoms with Gasteiger partial charge in [-0.25, -0.2) is 0 Å². The molecule has 18 aromatic rings. The molecule has 764 valence electrons. The van der Waals surface area contributed by atoms with Gasteiger partial charge in [0, 0.05) is 46.9 Å². The monoisotopic (exact) mass is 2200 g/mol. The standard InChI is InChI=1S/9C11H13N4.6ClH.4O.Sb/c9*1-14-8-4-7-11(14)15-10-6-3-2-5-9(10)12-13-15;;;;;;;;;;;/h9*2-3,5-6H,4,7-8H2,1H3;6*1H;;;;;/q9*+1;;;;;;;;3*-1;/p-6. The van der Waals surface area contributed by atoms with Gasteiger partial charge in [0.05, 0.1) is 180 Å². The van der Waals surface area contributed by atoms with Gasteiger partial charge in [0.2, 0.25) is 0 Å². The second-order valence-corrected chi connectivity index (χ2v) is 38.4. The Balaban J connectivity index is 0.000000144.